The van der Waals surface area contributed by atoms with Crippen LogP contribution in [0.5, 0.6) is 0 Å². The van der Waals surface area contributed by atoms with Crippen LogP contribution in [-0.2, 0) is 7.05 Å². The van der Waals surface area contributed by atoms with Gasteiger partial charge in [-0.25, -0.2) is 4.57 Å². The van der Waals surface area contributed by atoms with E-state index < -0.39 is 0 Å². The minimum Gasteiger partial charge on any atom is -0.257 e. The summed E-state index contributed by atoms with van der Waals surface area (Å²) < 4.78 is 4.16. The van der Waals surface area contributed by atoms with Crippen molar-refractivity contribution in [3.05, 3.63) is 29.8 Å². The molecule has 2 aromatic heterocycles. The van der Waals surface area contributed by atoms with Crippen LogP contribution < -0.4 is 4.57 Å². The van der Waals surface area contributed by atoms with Crippen LogP contribution in [0, 0.1) is 6.92 Å². The Morgan fingerprint density at radius 2 is 2.27 bits per heavy atom. The van der Waals surface area contributed by atoms with E-state index in [1.165, 1.54) is 5.56 Å². The lowest BCUT2D eigenvalue weighted by molar-refractivity contribution is -0.701. The van der Waals surface area contributed by atoms with Crippen LogP contribution in [0.2, 0.25) is 0 Å². The molecular formula is C11H13N4+. The first-order valence-electron chi connectivity index (χ1n) is 5.10. The summed E-state index contributed by atoms with van der Waals surface area (Å²) in [5.41, 5.74) is 2.35. The normalized spacial score (nSPS) is 17.7. The number of pyridine rings is 1. The van der Waals surface area contributed by atoms with Crippen molar-refractivity contribution in [3.8, 4) is 11.4 Å². The van der Waals surface area contributed by atoms with Gasteiger partial charge in [0.1, 0.15) is 6.04 Å². The van der Waals surface area contributed by atoms with Crippen LogP contribution >= 0.6 is 0 Å². The SMILES string of the molecule is Cc1nn(C)c2[n+]1C(C)c1ncccc1-2. The van der Waals surface area contributed by atoms with Gasteiger partial charge >= 0.3 is 0 Å². The number of aryl methyl sites for hydroxylation is 2. The van der Waals surface area contributed by atoms with Crippen molar-refractivity contribution in [3.63, 3.8) is 0 Å². The van der Waals surface area contributed by atoms with E-state index in [-0.39, 0.29) is 0 Å². The molecule has 1 aliphatic rings. The zero-order valence-corrected chi connectivity index (χ0v) is 9.10. The van der Waals surface area contributed by atoms with Gasteiger partial charge in [-0.1, -0.05) is 0 Å². The van der Waals surface area contributed by atoms with E-state index in [4.69, 9.17) is 0 Å². The molecule has 0 aromatic carbocycles. The highest BCUT2D eigenvalue weighted by Crippen LogP contribution is 2.31. The Labute approximate surface area is 88.2 Å². The van der Waals surface area contributed by atoms with E-state index in [0.717, 1.165) is 17.3 Å². The Morgan fingerprint density at radius 1 is 1.47 bits per heavy atom. The monoisotopic (exact) mass is 201 g/mol. The molecule has 0 bridgehead atoms. The smallest absolute Gasteiger partial charge is 0.257 e. The minimum absolute atomic E-state index is 0.296. The fourth-order valence-electron chi connectivity index (χ4n) is 2.45. The first-order valence-corrected chi connectivity index (χ1v) is 5.10. The number of hydrogen-bond donors (Lipinski definition) is 0. The van der Waals surface area contributed by atoms with Crippen LogP contribution in [0.25, 0.3) is 11.4 Å². The summed E-state index contributed by atoms with van der Waals surface area (Å²) in [6, 6.07) is 4.38. The van der Waals surface area contributed by atoms with Gasteiger partial charge in [0.25, 0.3) is 11.6 Å². The fraction of sp³-hybridized carbons (Fsp3) is 0.364. The van der Waals surface area contributed by atoms with Crippen LogP contribution in [0.1, 0.15) is 24.5 Å². The second-order valence-corrected chi connectivity index (χ2v) is 3.98. The maximum Gasteiger partial charge on any atom is 0.275 e. The summed E-state index contributed by atoms with van der Waals surface area (Å²) >= 11 is 0. The fourth-order valence-corrected chi connectivity index (χ4v) is 2.45. The molecule has 0 N–H and O–H groups in total. The predicted octanol–water partition coefficient (Wildman–Crippen LogP) is 1.00. The first-order chi connectivity index (χ1) is 7.20. The molecule has 0 amide bonds. The van der Waals surface area contributed by atoms with Crippen LogP contribution in [0.3, 0.4) is 0 Å². The maximum atomic E-state index is 4.45. The third-order valence-corrected chi connectivity index (χ3v) is 3.04. The molecule has 2 aromatic rings. The molecule has 3 heterocycles. The van der Waals surface area contributed by atoms with Gasteiger partial charge in [0.2, 0.25) is 0 Å². The zero-order valence-electron chi connectivity index (χ0n) is 9.10. The molecule has 4 heteroatoms. The Balaban J connectivity index is 2.40. The lowest BCUT2D eigenvalue weighted by Gasteiger charge is -2.01. The van der Waals surface area contributed by atoms with Crippen molar-refractivity contribution in [2.24, 2.45) is 7.05 Å². The van der Waals surface area contributed by atoms with Gasteiger partial charge in [-0.05, 0) is 19.1 Å². The average molecular weight is 201 g/mol. The van der Waals surface area contributed by atoms with Gasteiger partial charge in [0, 0.05) is 18.2 Å². The van der Waals surface area contributed by atoms with Gasteiger partial charge in [-0.3, -0.25) is 4.98 Å². The minimum atomic E-state index is 0.296. The standard InChI is InChI=1S/C11H13N4/c1-7-10-9(5-4-6-12-10)11-14(3)13-8(2)15(7)11/h4-7H,1-3H3/q+1. The molecule has 15 heavy (non-hydrogen) atoms. The lowest BCUT2D eigenvalue weighted by Crippen LogP contribution is -2.38. The van der Waals surface area contributed by atoms with E-state index >= 15 is 0 Å². The molecule has 0 spiro atoms. The Bertz CT molecular complexity index is 542. The summed E-state index contributed by atoms with van der Waals surface area (Å²) in [7, 11) is 1.98. The highest BCUT2D eigenvalue weighted by atomic mass is 15.4. The largest absolute Gasteiger partial charge is 0.275 e. The van der Waals surface area contributed by atoms with Crippen molar-refractivity contribution in [1.29, 1.82) is 0 Å². The van der Waals surface area contributed by atoms with Gasteiger partial charge < -0.3 is 0 Å². The van der Waals surface area contributed by atoms with Crippen molar-refractivity contribution in [1.82, 2.24) is 14.8 Å². The summed E-state index contributed by atoms with van der Waals surface area (Å²) in [5, 5.41) is 4.43. The number of hydrogen-bond acceptors (Lipinski definition) is 2. The van der Waals surface area contributed by atoms with Crippen molar-refractivity contribution in [2.45, 2.75) is 19.9 Å². The molecule has 0 fully saturated rings. The molecular weight excluding hydrogens is 188 g/mol. The van der Waals surface area contributed by atoms with E-state index in [2.05, 4.69) is 27.6 Å². The van der Waals surface area contributed by atoms with Crippen LogP contribution in [-0.4, -0.2) is 14.8 Å². The molecule has 0 saturated carbocycles. The summed E-state index contributed by atoms with van der Waals surface area (Å²) in [4.78, 5) is 4.45. The van der Waals surface area contributed by atoms with Gasteiger partial charge in [0.15, 0.2) is 0 Å². The summed E-state index contributed by atoms with van der Waals surface area (Å²) in [5.74, 6) is 2.20. The molecule has 0 saturated heterocycles. The van der Waals surface area contributed by atoms with Gasteiger partial charge in [-0.15, -0.1) is 4.68 Å². The number of nitrogens with zero attached hydrogens (tertiary/aromatic N) is 4. The van der Waals surface area contributed by atoms with Crippen LogP contribution in [0.15, 0.2) is 18.3 Å². The van der Waals surface area contributed by atoms with Crippen molar-refractivity contribution < 1.29 is 4.57 Å². The van der Waals surface area contributed by atoms with Crippen molar-refractivity contribution >= 4 is 0 Å². The third-order valence-electron chi connectivity index (χ3n) is 3.04. The summed E-state index contributed by atoms with van der Waals surface area (Å²) in [6.45, 7) is 4.20. The Kier molecular flexibility index (Phi) is 1.52. The van der Waals surface area contributed by atoms with Gasteiger partial charge in [0.05, 0.1) is 18.3 Å². The molecule has 1 aliphatic heterocycles. The average Bonchev–Trinajstić information content (AvgIpc) is 2.68. The van der Waals surface area contributed by atoms with E-state index in [9.17, 15) is 0 Å². The first kappa shape index (κ1) is 8.59. The summed E-state index contributed by atoms with van der Waals surface area (Å²) in [6.07, 6.45) is 1.85. The topological polar surface area (TPSA) is 34.6 Å². The number of aromatic nitrogens is 4. The quantitative estimate of drug-likeness (QED) is 0.596. The third kappa shape index (κ3) is 0.936. The van der Waals surface area contributed by atoms with Gasteiger partial charge in [-0.2, -0.15) is 0 Å². The second kappa shape index (κ2) is 2.66. The molecule has 0 radical (unpaired) electrons. The lowest BCUT2D eigenvalue weighted by atomic mass is 10.1. The van der Waals surface area contributed by atoms with E-state index in [1.54, 1.807) is 0 Å². The molecule has 1 atom stereocenters. The highest BCUT2D eigenvalue weighted by molar-refractivity contribution is 5.58. The molecule has 76 valence electrons. The Hall–Kier alpha value is -1.71. The molecule has 4 nitrogen and oxygen atoms in total. The van der Waals surface area contributed by atoms with E-state index in [0.29, 0.717) is 6.04 Å². The highest BCUT2D eigenvalue weighted by Gasteiger charge is 2.37. The number of rotatable bonds is 0. The van der Waals surface area contributed by atoms with Crippen molar-refractivity contribution in [2.75, 3.05) is 0 Å². The molecule has 3 rings (SSSR count). The predicted molar refractivity (Wildman–Crippen MR) is 55.2 cm³/mol. The Morgan fingerprint density at radius 3 is 3.07 bits per heavy atom. The molecule has 1 unspecified atom stereocenters. The second-order valence-electron chi connectivity index (χ2n) is 3.98. The maximum absolute atomic E-state index is 4.45. The number of fused-ring (bicyclic) bond motifs is 3. The van der Waals surface area contributed by atoms with E-state index in [1.807, 2.05) is 30.9 Å². The molecule has 0 aliphatic carbocycles. The van der Waals surface area contributed by atoms with Crippen LogP contribution in [0.4, 0.5) is 0 Å². The zero-order chi connectivity index (χ0) is 10.6.